The van der Waals surface area contributed by atoms with Crippen molar-refractivity contribution < 1.29 is 4.79 Å². The number of thiazole rings is 1. The minimum Gasteiger partial charge on any atom is -0.336 e. The van der Waals surface area contributed by atoms with Gasteiger partial charge in [0.05, 0.1) is 5.69 Å². The van der Waals surface area contributed by atoms with Crippen LogP contribution in [0.25, 0.3) is 10.6 Å². The van der Waals surface area contributed by atoms with Crippen LogP contribution in [0.1, 0.15) is 34.6 Å². The summed E-state index contributed by atoms with van der Waals surface area (Å²) in [5.41, 5.74) is 1.93. The zero-order chi connectivity index (χ0) is 15.8. The van der Waals surface area contributed by atoms with Crippen molar-refractivity contribution in [1.29, 1.82) is 0 Å². The van der Waals surface area contributed by atoms with Crippen molar-refractivity contribution in [2.24, 2.45) is 0 Å². The van der Waals surface area contributed by atoms with Gasteiger partial charge in [0, 0.05) is 30.7 Å². The summed E-state index contributed by atoms with van der Waals surface area (Å²) in [5, 5.41) is 4.56. The number of benzene rings is 1. The van der Waals surface area contributed by atoms with Crippen molar-refractivity contribution >= 4 is 17.2 Å². The number of aromatic nitrogens is 1. The number of rotatable bonds is 2. The first-order valence-electron chi connectivity index (χ1n) is 8.29. The van der Waals surface area contributed by atoms with Gasteiger partial charge in [-0.15, -0.1) is 11.3 Å². The molecule has 120 valence electrons. The van der Waals surface area contributed by atoms with Gasteiger partial charge >= 0.3 is 0 Å². The SMILES string of the molecule is Cc1nc(-c2ccccc2)sc1C(=O)N1CCC2CCC(C1)N2. The topological polar surface area (TPSA) is 45.2 Å². The number of fused-ring (bicyclic) bond motifs is 2. The highest BCUT2D eigenvalue weighted by Gasteiger charge is 2.32. The molecule has 1 aromatic heterocycles. The Morgan fingerprint density at radius 1 is 1.22 bits per heavy atom. The van der Waals surface area contributed by atoms with Gasteiger partial charge in [0.2, 0.25) is 0 Å². The quantitative estimate of drug-likeness (QED) is 0.922. The molecule has 4 nitrogen and oxygen atoms in total. The Labute approximate surface area is 140 Å². The molecule has 2 bridgehead atoms. The van der Waals surface area contributed by atoms with Crippen LogP contribution < -0.4 is 5.32 Å². The normalized spacial score (nSPS) is 23.8. The van der Waals surface area contributed by atoms with E-state index in [1.54, 1.807) is 0 Å². The molecule has 3 heterocycles. The van der Waals surface area contributed by atoms with Crippen LogP contribution in [-0.4, -0.2) is 41.0 Å². The second kappa shape index (κ2) is 6.06. The summed E-state index contributed by atoms with van der Waals surface area (Å²) in [6.07, 6.45) is 3.50. The van der Waals surface area contributed by atoms with E-state index in [9.17, 15) is 4.79 Å². The average molecular weight is 327 g/mol. The van der Waals surface area contributed by atoms with Crippen LogP contribution in [0.2, 0.25) is 0 Å². The van der Waals surface area contributed by atoms with Crippen molar-refractivity contribution in [3.63, 3.8) is 0 Å². The van der Waals surface area contributed by atoms with E-state index in [1.165, 1.54) is 24.2 Å². The van der Waals surface area contributed by atoms with E-state index >= 15 is 0 Å². The predicted molar refractivity (Wildman–Crippen MR) is 92.8 cm³/mol. The number of amides is 1. The van der Waals surface area contributed by atoms with Crippen LogP contribution in [0.3, 0.4) is 0 Å². The third kappa shape index (κ3) is 2.91. The van der Waals surface area contributed by atoms with Gasteiger partial charge in [-0.05, 0) is 26.2 Å². The van der Waals surface area contributed by atoms with E-state index in [4.69, 9.17) is 0 Å². The Kier molecular flexibility index (Phi) is 3.91. The van der Waals surface area contributed by atoms with Crippen molar-refractivity contribution in [2.45, 2.75) is 38.3 Å². The van der Waals surface area contributed by atoms with Crippen LogP contribution in [0, 0.1) is 6.92 Å². The first-order chi connectivity index (χ1) is 11.2. The van der Waals surface area contributed by atoms with Crippen LogP contribution >= 0.6 is 11.3 Å². The minimum absolute atomic E-state index is 0.150. The second-order valence-corrected chi connectivity index (χ2v) is 7.48. The zero-order valence-corrected chi connectivity index (χ0v) is 14.1. The smallest absolute Gasteiger partial charge is 0.265 e. The van der Waals surface area contributed by atoms with Gasteiger partial charge in [-0.2, -0.15) is 0 Å². The van der Waals surface area contributed by atoms with Gasteiger partial charge in [0.25, 0.3) is 5.91 Å². The van der Waals surface area contributed by atoms with E-state index in [1.807, 2.05) is 42.2 Å². The number of carbonyl (C=O) groups excluding carboxylic acids is 1. The fourth-order valence-corrected chi connectivity index (χ4v) is 4.61. The van der Waals surface area contributed by atoms with E-state index < -0.39 is 0 Å². The first kappa shape index (κ1) is 14.8. The summed E-state index contributed by atoms with van der Waals surface area (Å²) in [7, 11) is 0. The fraction of sp³-hybridized carbons (Fsp3) is 0.444. The first-order valence-corrected chi connectivity index (χ1v) is 9.10. The maximum absolute atomic E-state index is 13.0. The molecule has 2 atom stereocenters. The van der Waals surface area contributed by atoms with Gasteiger partial charge < -0.3 is 10.2 Å². The maximum atomic E-state index is 13.0. The molecule has 0 saturated carbocycles. The number of nitrogens with one attached hydrogen (secondary N) is 1. The highest BCUT2D eigenvalue weighted by Crippen LogP contribution is 2.30. The maximum Gasteiger partial charge on any atom is 0.265 e. The van der Waals surface area contributed by atoms with Crippen LogP contribution in [0.5, 0.6) is 0 Å². The molecule has 4 rings (SSSR count). The Bertz CT molecular complexity index is 712. The minimum atomic E-state index is 0.150. The number of hydrogen-bond acceptors (Lipinski definition) is 4. The molecule has 0 aliphatic carbocycles. The Hall–Kier alpha value is -1.72. The van der Waals surface area contributed by atoms with E-state index in [2.05, 4.69) is 10.3 Å². The largest absolute Gasteiger partial charge is 0.336 e. The summed E-state index contributed by atoms with van der Waals surface area (Å²) in [5.74, 6) is 0.150. The highest BCUT2D eigenvalue weighted by atomic mass is 32.1. The molecule has 0 spiro atoms. The summed E-state index contributed by atoms with van der Waals surface area (Å²) in [6, 6.07) is 11.2. The van der Waals surface area contributed by atoms with Crippen LogP contribution in [0.15, 0.2) is 30.3 Å². The zero-order valence-electron chi connectivity index (χ0n) is 13.3. The summed E-state index contributed by atoms with van der Waals surface area (Å²) in [4.78, 5) is 20.4. The molecular weight excluding hydrogens is 306 g/mol. The molecule has 1 aromatic carbocycles. The molecule has 5 heteroatoms. The van der Waals surface area contributed by atoms with Gasteiger partial charge in [-0.25, -0.2) is 4.98 Å². The molecular formula is C18H21N3OS. The molecule has 1 N–H and O–H groups in total. The monoisotopic (exact) mass is 327 g/mol. The molecule has 23 heavy (non-hydrogen) atoms. The van der Waals surface area contributed by atoms with Crippen LogP contribution in [-0.2, 0) is 0 Å². The lowest BCUT2D eigenvalue weighted by molar-refractivity contribution is 0.0752. The van der Waals surface area contributed by atoms with Crippen molar-refractivity contribution in [2.75, 3.05) is 13.1 Å². The molecule has 2 aliphatic heterocycles. The lowest BCUT2D eigenvalue weighted by atomic mass is 10.1. The number of hydrogen-bond donors (Lipinski definition) is 1. The van der Waals surface area contributed by atoms with Gasteiger partial charge in [0.15, 0.2) is 0 Å². The third-order valence-corrected chi connectivity index (χ3v) is 6.02. The van der Waals surface area contributed by atoms with Crippen molar-refractivity contribution in [3.05, 3.63) is 40.9 Å². The number of likely N-dealkylation sites (tertiary alicyclic amines) is 1. The highest BCUT2D eigenvalue weighted by molar-refractivity contribution is 7.17. The molecule has 1 amide bonds. The molecule has 2 fully saturated rings. The number of nitrogens with zero attached hydrogens (tertiary/aromatic N) is 2. The summed E-state index contributed by atoms with van der Waals surface area (Å²) >= 11 is 1.52. The van der Waals surface area contributed by atoms with Crippen LogP contribution in [0.4, 0.5) is 0 Å². The lowest BCUT2D eigenvalue weighted by Crippen LogP contribution is -2.39. The number of carbonyl (C=O) groups is 1. The van der Waals surface area contributed by atoms with Gasteiger partial charge in [0.1, 0.15) is 9.88 Å². The second-order valence-electron chi connectivity index (χ2n) is 6.48. The molecule has 2 saturated heterocycles. The summed E-state index contributed by atoms with van der Waals surface area (Å²) < 4.78 is 0. The van der Waals surface area contributed by atoms with E-state index in [0.717, 1.165) is 40.7 Å². The Morgan fingerprint density at radius 3 is 2.83 bits per heavy atom. The fourth-order valence-electron chi connectivity index (χ4n) is 3.57. The number of aryl methyl sites for hydroxylation is 1. The van der Waals surface area contributed by atoms with E-state index in [0.29, 0.717) is 12.1 Å². The molecule has 2 aromatic rings. The Morgan fingerprint density at radius 2 is 2.00 bits per heavy atom. The van der Waals surface area contributed by atoms with Gasteiger partial charge in [-0.1, -0.05) is 30.3 Å². The molecule has 2 aliphatic rings. The summed E-state index contributed by atoms with van der Waals surface area (Å²) in [6.45, 7) is 3.62. The lowest BCUT2D eigenvalue weighted by Gasteiger charge is -2.23. The predicted octanol–water partition coefficient (Wildman–Crippen LogP) is 3.09. The Balaban J connectivity index is 1.58. The van der Waals surface area contributed by atoms with E-state index in [-0.39, 0.29) is 5.91 Å². The third-order valence-electron chi connectivity index (χ3n) is 4.82. The van der Waals surface area contributed by atoms with Crippen molar-refractivity contribution in [1.82, 2.24) is 15.2 Å². The molecule has 2 unspecified atom stereocenters. The molecule has 0 radical (unpaired) electrons. The standard InChI is InChI=1S/C18H21N3OS/c1-12-16(23-17(19-12)13-5-3-2-4-6-13)18(22)21-10-9-14-7-8-15(11-21)20-14/h2-6,14-15,20H,7-11H2,1H3. The van der Waals surface area contributed by atoms with Crippen molar-refractivity contribution in [3.8, 4) is 10.6 Å². The van der Waals surface area contributed by atoms with Gasteiger partial charge in [-0.3, -0.25) is 4.79 Å². The average Bonchev–Trinajstić information content (AvgIpc) is 3.10.